The maximum atomic E-state index is 11.9. The third-order valence-electron chi connectivity index (χ3n) is 2.94. The summed E-state index contributed by atoms with van der Waals surface area (Å²) in [6.07, 6.45) is 3.44. The van der Waals surface area contributed by atoms with E-state index >= 15 is 0 Å². The molecule has 102 valence electrons. The second-order valence-corrected chi connectivity index (χ2v) is 4.37. The number of para-hydroxylation sites is 1. The number of nitrogens with one attached hydrogen (secondary N) is 2. The molecule has 0 amide bonds. The molecule has 0 fully saturated rings. The van der Waals surface area contributed by atoms with Gasteiger partial charge in [-0.15, -0.1) is 5.10 Å². The summed E-state index contributed by atoms with van der Waals surface area (Å²) in [7, 11) is 0. The van der Waals surface area contributed by atoms with Gasteiger partial charge in [0.25, 0.3) is 5.56 Å². The molecule has 20 heavy (non-hydrogen) atoms. The maximum absolute atomic E-state index is 11.9. The molecule has 0 aliphatic carbocycles. The molecule has 0 bridgehead atoms. The smallest absolute Gasteiger partial charge is 0.258 e. The molecule has 0 atom stereocenters. The van der Waals surface area contributed by atoms with Gasteiger partial charge in [-0.3, -0.25) is 9.48 Å². The predicted octanol–water partition coefficient (Wildman–Crippen LogP) is 0.304. The van der Waals surface area contributed by atoms with Crippen molar-refractivity contribution in [3.63, 3.8) is 0 Å². The van der Waals surface area contributed by atoms with Gasteiger partial charge in [0.2, 0.25) is 0 Å². The van der Waals surface area contributed by atoms with Crippen LogP contribution in [0.25, 0.3) is 10.9 Å². The summed E-state index contributed by atoms with van der Waals surface area (Å²) < 4.78 is 1.74. The van der Waals surface area contributed by atoms with E-state index in [1.54, 1.807) is 23.1 Å². The van der Waals surface area contributed by atoms with Gasteiger partial charge in [-0.05, 0) is 12.1 Å². The van der Waals surface area contributed by atoms with Crippen LogP contribution >= 0.6 is 0 Å². The number of hydrogen-bond acceptors (Lipinski definition) is 5. The highest BCUT2D eigenvalue weighted by Crippen LogP contribution is 2.05. The molecule has 0 unspecified atom stereocenters. The Balaban J connectivity index is 1.64. The molecule has 7 nitrogen and oxygen atoms in total. The standard InChI is InChI=1S/C13H14N6O/c20-13-10-3-1-2-4-11(10)16-12(17-13)9-14-5-7-19-8-6-15-18-19/h1-4,6,8,14H,5,7,9H2,(H,16,17,20). The number of hydrogen-bond donors (Lipinski definition) is 2. The SMILES string of the molecule is O=c1[nH]c(CNCCn2ccnn2)nc2ccccc12. The second-order valence-electron chi connectivity index (χ2n) is 4.37. The molecule has 3 rings (SSSR count). The summed E-state index contributed by atoms with van der Waals surface area (Å²) in [5.74, 6) is 0.632. The number of aromatic nitrogens is 5. The molecule has 7 heteroatoms. The predicted molar refractivity (Wildman–Crippen MR) is 74.1 cm³/mol. The molecule has 0 saturated heterocycles. The van der Waals surface area contributed by atoms with Crippen molar-refractivity contribution in [3.05, 3.63) is 52.8 Å². The average molecular weight is 270 g/mol. The zero-order valence-electron chi connectivity index (χ0n) is 10.8. The van der Waals surface area contributed by atoms with E-state index in [0.29, 0.717) is 23.3 Å². The Labute approximate surface area is 114 Å². The Hall–Kier alpha value is -2.54. The fourth-order valence-corrected chi connectivity index (χ4v) is 1.97. The lowest BCUT2D eigenvalue weighted by molar-refractivity contribution is 0.534. The van der Waals surface area contributed by atoms with E-state index in [2.05, 4.69) is 25.6 Å². The fraction of sp³-hybridized carbons (Fsp3) is 0.231. The largest absolute Gasteiger partial charge is 0.309 e. The number of rotatable bonds is 5. The molecular formula is C13H14N6O. The highest BCUT2D eigenvalue weighted by molar-refractivity contribution is 5.77. The van der Waals surface area contributed by atoms with Crippen molar-refractivity contribution in [2.24, 2.45) is 0 Å². The second kappa shape index (κ2) is 5.62. The normalized spacial score (nSPS) is 11.0. The lowest BCUT2D eigenvalue weighted by Crippen LogP contribution is -2.23. The lowest BCUT2D eigenvalue weighted by Gasteiger charge is -2.05. The van der Waals surface area contributed by atoms with Crippen molar-refractivity contribution in [2.75, 3.05) is 6.54 Å². The Kier molecular flexibility index (Phi) is 3.51. The van der Waals surface area contributed by atoms with Crippen LogP contribution in [-0.4, -0.2) is 31.5 Å². The minimum Gasteiger partial charge on any atom is -0.309 e. The van der Waals surface area contributed by atoms with Gasteiger partial charge in [0, 0.05) is 12.7 Å². The zero-order chi connectivity index (χ0) is 13.8. The molecular weight excluding hydrogens is 256 g/mol. The molecule has 3 aromatic rings. The third kappa shape index (κ3) is 2.72. The van der Waals surface area contributed by atoms with Crippen molar-refractivity contribution in [2.45, 2.75) is 13.1 Å². The summed E-state index contributed by atoms with van der Waals surface area (Å²) in [6, 6.07) is 7.30. The van der Waals surface area contributed by atoms with Crippen molar-refractivity contribution in [1.29, 1.82) is 0 Å². The number of benzene rings is 1. The van der Waals surface area contributed by atoms with Crippen LogP contribution in [0.2, 0.25) is 0 Å². The van der Waals surface area contributed by atoms with Crippen LogP contribution in [0.5, 0.6) is 0 Å². The van der Waals surface area contributed by atoms with Crippen LogP contribution in [0.4, 0.5) is 0 Å². The molecule has 0 saturated carbocycles. The van der Waals surface area contributed by atoms with Crippen LogP contribution in [0.3, 0.4) is 0 Å². The number of fused-ring (bicyclic) bond motifs is 1. The monoisotopic (exact) mass is 270 g/mol. The van der Waals surface area contributed by atoms with Crippen molar-refractivity contribution in [1.82, 2.24) is 30.3 Å². The van der Waals surface area contributed by atoms with Crippen LogP contribution < -0.4 is 10.9 Å². The first kappa shape index (κ1) is 12.5. The maximum Gasteiger partial charge on any atom is 0.258 e. The molecule has 0 radical (unpaired) electrons. The first-order chi connectivity index (χ1) is 9.83. The van der Waals surface area contributed by atoms with Gasteiger partial charge in [-0.25, -0.2) is 4.98 Å². The Morgan fingerprint density at radius 3 is 3.05 bits per heavy atom. The molecule has 2 heterocycles. The molecule has 1 aromatic carbocycles. The van der Waals surface area contributed by atoms with Crippen molar-refractivity contribution in [3.8, 4) is 0 Å². The third-order valence-corrected chi connectivity index (χ3v) is 2.94. The summed E-state index contributed by atoms with van der Waals surface area (Å²) in [4.78, 5) is 19.1. The molecule has 2 aromatic heterocycles. The van der Waals surface area contributed by atoms with E-state index in [1.807, 2.05) is 18.2 Å². The van der Waals surface area contributed by atoms with Crippen LogP contribution in [0, 0.1) is 0 Å². The molecule has 2 N–H and O–H groups in total. The van der Waals surface area contributed by atoms with Gasteiger partial charge in [0.05, 0.1) is 30.2 Å². The van der Waals surface area contributed by atoms with Gasteiger partial charge in [0.1, 0.15) is 5.82 Å². The number of H-pyrrole nitrogens is 1. The van der Waals surface area contributed by atoms with Gasteiger partial charge >= 0.3 is 0 Å². The van der Waals surface area contributed by atoms with Crippen molar-refractivity contribution < 1.29 is 0 Å². The highest BCUT2D eigenvalue weighted by Gasteiger charge is 2.02. The number of nitrogens with zero attached hydrogens (tertiary/aromatic N) is 4. The lowest BCUT2D eigenvalue weighted by atomic mass is 10.2. The molecule has 0 aliphatic rings. The first-order valence-corrected chi connectivity index (χ1v) is 6.36. The van der Waals surface area contributed by atoms with E-state index in [-0.39, 0.29) is 5.56 Å². The summed E-state index contributed by atoms with van der Waals surface area (Å²) in [5, 5.41) is 11.4. The Bertz CT molecular complexity index is 749. The highest BCUT2D eigenvalue weighted by atomic mass is 16.1. The summed E-state index contributed by atoms with van der Waals surface area (Å²) in [6.45, 7) is 1.95. The van der Waals surface area contributed by atoms with Gasteiger partial charge < -0.3 is 10.3 Å². The topological polar surface area (TPSA) is 88.5 Å². The van der Waals surface area contributed by atoms with E-state index in [9.17, 15) is 4.79 Å². The minimum absolute atomic E-state index is 0.108. The van der Waals surface area contributed by atoms with E-state index in [1.165, 1.54) is 0 Å². The quantitative estimate of drug-likeness (QED) is 0.651. The van der Waals surface area contributed by atoms with E-state index in [4.69, 9.17) is 0 Å². The zero-order valence-corrected chi connectivity index (χ0v) is 10.8. The molecule has 0 spiro atoms. The number of aromatic amines is 1. The Morgan fingerprint density at radius 2 is 2.20 bits per heavy atom. The summed E-state index contributed by atoms with van der Waals surface area (Å²) in [5.41, 5.74) is 0.605. The minimum atomic E-state index is -0.108. The van der Waals surface area contributed by atoms with Crippen LogP contribution in [0.15, 0.2) is 41.5 Å². The van der Waals surface area contributed by atoms with Gasteiger partial charge in [0.15, 0.2) is 0 Å². The van der Waals surface area contributed by atoms with Crippen LogP contribution in [-0.2, 0) is 13.1 Å². The van der Waals surface area contributed by atoms with Gasteiger partial charge in [-0.2, -0.15) is 0 Å². The van der Waals surface area contributed by atoms with E-state index in [0.717, 1.165) is 13.1 Å². The molecule has 0 aliphatic heterocycles. The average Bonchev–Trinajstić information content (AvgIpc) is 2.97. The van der Waals surface area contributed by atoms with E-state index < -0.39 is 0 Å². The van der Waals surface area contributed by atoms with Crippen molar-refractivity contribution >= 4 is 10.9 Å². The Morgan fingerprint density at radius 1 is 1.30 bits per heavy atom. The summed E-state index contributed by atoms with van der Waals surface area (Å²) >= 11 is 0. The van der Waals surface area contributed by atoms with Crippen LogP contribution in [0.1, 0.15) is 5.82 Å². The first-order valence-electron chi connectivity index (χ1n) is 6.36. The van der Waals surface area contributed by atoms with Gasteiger partial charge in [-0.1, -0.05) is 17.3 Å². The fourth-order valence-electron chi connectivity index (χ4n) is 1.97.